The van der Waals surface area contributed by atoms with Gasteiger partial charge in [-0.3, -0.25) is 0 Å². The van der Waals surface area contributed by atoms with Crippen molar-refractivity contribution in [1.82, 2.24) is 5.32 Å². The number of nitrogens with one attached hydrogen (secondary N) is 1. The lowest BCUT2D eigenvalue weighted by Gasteiger charge is -2.25. The van der Waals surface area contributed by atoms with Gasteiger partial charge in [0.25, 0.3) is 0 Å². The second-order valence-electron chi connectivity index (χ2n) is 8.02. The van der Waals surface area contributed by atoms with E-state index >= 15 is 0 Å². The minimum Gasteiger partial charge on any atom is -0.489 e. The first-order chi connectivity index (χ1) is 15.5. The average Bonchev–Trinajstić information content (AvgIpc) is 3.21. The van der Waals surface area contributed by atoms with Gasteiger partial charge in [0, 0.05) is 13.0 Å². The van der Waals surface area contributed by atoms with Crippen LogP contribution in [0.25, 0.3) is 0 Å². The largest absolute Gasteiger partial charge is 0.490 e. The van der Waals surface area contributed by atoms with Gasteiger partial charge in [0.15, 0.2) is 0 Å². The van der Waals surface area contributed by atoms with Crippen molar-refractivity contribution in [1.29, 1.82) is 0 Å². The molecule has 1 aliphatic rings. The maximum atomic E-state index is 12.6. The lowest BCUT2D eigenvalue weighted by atomic mass is 10.0. The molecule has 1 saturated heterocycles. The van der Waals surface area contributed by atoms with Crippen LogP contribution in [0.5, 0.6) is 11.5 Å². The molecule has 0 aromatic heterocycles. The van der Waals surface area contributed by atoms with Crippen molar-refractivity contribution in [2.75, 3.05) is 13.2 Å². The van der Waals surface area contributed by atoms with Crippen LogP contribution < -0.4 is 14.8 Å². The third kappa shape index (κ3) is 6.91. The number of esters is 1. The fourth-order valence-electron chi connectivity index (χ4n) is 3.44. The van der Waals surface area contributed by atoms with Crippen LogP contribution in [0.2, 0.25) is 10.0 Å². The number of hydrogen-bond donors (Lipinski definition) is 1. The number of ether oxygens (including phenoxy) is 3. The summed E-state index contributed by atoms with van der Waals surface area (Å²) in [6, 6.07) is 12.0. The fourth-order valence-corrected chi connectivity index (χ4v) is 3.78. The molecule has 180 valence electrons. The quantitative estimate of drug-likeness (QED) is 0.461. The molecule has 3 atom stereocenters. The lowest BCUT2D eigenvalue weighted by molar-refractivity contribution is -0.201. The molecule has 1 aliphatic heterocycles. The molecule has 0 aliphatic carbocycles. The summed E-state index contributed by atoms with van der Waals surface area (Å²) in [6.45, 7) is 4.00. The molecular weight excluding hydrogens is 482 g/mol. The fraction of sp³-hybridized carbons (Fsp3) is 0.435. The second kappa shape index (κ2) is 10.8. The Kier molecular flexibility index (Phi) is 8.37. The number of alkyl halides is 3. The summed E-state index contributed by atoms with van der Waals surface area (Å²) in [5.41, 5.74) is 1.18. The van der Waals surface area contributed by atoms with Crippen molar-refractivity contribution < 1.29 is 32.2 Å². The van der Waals surface area contributed by atoms with E-state index in [4.69, 9.17) is 32.7 Å². The Bertz CT molecular complexity index is 954. The monoisotopic (exact) mass is 505 g/mol. The molecule has 0 bridgehead atoms. The van der Waals surface area contributed by atoms with E-state index < -0.39 is 30.9 Å². The van der Waals surface area contributed by atoms with Crippen molar-refractivity contribution in [3.8, 4) is 11.5 Å². The van der Waals surface area contributed by atoms with Crippen molar-refractivity contribution in [3.05, 3.63) is 58.1 Å². The first-order valence-corrected chi connectivity index (χ1v) is 11.1. The predicted molar refractivity (Wildman–Crippen MR) is 119 cm³/mol. The van der Waals surface area contributed by atoms with E-state index in [9.17, 15) is 18.0 Å². The first kappa shape index (κ1) is 25.5. The van der Waals surface area contributed by atoms with Crippen LogP contribution in [0, 0.1) is 0 Å². The van der Waals surface area contributed by atoms with Crippen molar-refractivity contribution in [2.24, 2.45) is 0 Å². The summed E-state index contributed by atoms with van der Waals surface area (Å²) in [5, 5.41) is 3.52. The van der Waals surface area contributed by atoms with Crippen molar-refractivity contribution in [2.45, 2.75) is 50.6 Å². The SMILES string of the molecule is CC(C)c1ccc(O[C@@H]2CN[C@H](C(COC(=O)C(F)(F)F)Oc3cccc(Cl)c3Cl)C2)cc1. The zero-order chi connectivity index (χ0) is 24.2. The van der Waals surface area contributed by atoms with Gasteiger partial charge in [-0.15, -0.1) is 0 Å². The lowest BCUT2D eigenvalue weighted by Crippen LogP contribution is -2.43. The average molecular weight is 506 g/mol. The molecule has 1 N–H and O–H groups in total. The van der Waals surface area contributed by atoms with Gasteiger partial charge in [-0.05, 0) is 35.7 Å². The van der Waals surface area contributed by atoms with E-state index in [2.05, 4.69) is 23.9 Å². The van der Waals surface area contributed by atoms with E-state index in [0.717, 1.165) is 0 Å². The van der Waals surface area contributed by atoms with E-state index in [1.165, 1.54) is 11.6 Å². The van der Waals surface area contributed by atoms with Gasteiger partial charge in [0.05, 0.1) is 11.1 Å². The van der Waals surface area contributed by atoms with Gasteiger partial charge in [-0.1, -0.05) is 55.2 Å². The molecule has 10 heteroatoms. The molecule has 1 fully saturated rings. The van der Waals surface area contributed by atoms with Gasteiger partial charge in [-0.25, -0.2) is 4.79 Å². The van der Waals surface area contributed by atoms with E-state index in [1.54, 1.807) is 12.1 Å². The highest BCUT2D eigenvalue weighted by atomic mass is 35.5. The number of hydrogen-bond acceptors (Lipinski definition) is 5. The molecule has 1 unspecified atom stereocenters. The number of carbonyl (C=O) groups excluding carboxylic acids is 1. The summed E-state index contributed by atoms with van der Waals surface area (Å²) in [5.74, 6) is -1.03. The molecular formula is C23H24Cl2F3NO4. The highest BCUT2D eigenvalue weighted by molar-refractivity contribution is 6.42. The standard InChI is InChI=1S/C23H24Cl2F3NO4/c1-13(2)14-6-8-15(9-7-14)32-16-10-18(29-11-16)20(12-31-22(30)23(26,27)28)33-19-5-3-4-17(24)21(19)25/h3-9,13,16,18,20,29H,10-12H2,1-2H3/t16-,18-,20?/m0/s1. The molecule has 2 aromatic rings. The Morgan fingerprint density at radius 3 is 2.48 bits per heavy atom. The van der Waals surface area contributed by atoms with Gasteiger partial charge in [-0.2, -0.15) is 13.2 Å². The molecule has 3 rings (SSSR count). The number of carbonyl (C=O) groups is 1. The molecule has 2 aromatic carbocycles. The zero-order valence-corrected chi connectivity index (χ0v) is 19.5. The highest BCUT2D eigenvalue weighted by Gasteiger charge is 2.42. The van der Waals surface area contributed by atoms with Gasteiger partial charge < -0.3 is 19.5 Å². The summed E-state index contributed by atoms with van der Waals surface area (Å²) in [4.78, 5) is 11.2. The maximum Gasteiger partial charge on any atom is 0.490 e. The first-order valence-electron chi connectivity index (χ1n) is 10.4. The van der Waals surface area contributed by atoms with Crippen LogP contribution in [0.1, 0.15) is 31.7 Å². The van der Waals surface area contributed by atoms with Crippen LogP contribution in [0.4, 0.5) is 13.2 Å². The molecule has 1 heterocycles. The van der Waals surface area contributed by atoms with E-state index in [-0.39, 0.29) is 21.9 Å². The Balaban J connectivity index is 1.68. The minimum atomic E-state index is -5.10. The van der Waals surface area contributed by atoms with Crippen molar-refractivity contribution >= 4 is 29.2 Å². The van der Waals surface area contributed by atoms with Gasteiger partial charge >= 0.3 is 12.1 Å². The summed E-state index contributed by atoms with van der Waals surface area (Å²) in [6.07, 6.45) is -5.89. The van der Waals surface area contributed by atoms with Crippen LogP contribution in [0.3, 0.4) is 0 Å². The molecule has 33 heavy (non-hydrogen) atoms. The van der Waals surface area contributed by atoms with Crippen LogP contribution in [-0.2, 0) is 9.53 Å². The van der Waals surface area contributed by atoms with E-state index in [0.29, 0.717) is 24.6 Å². The topological polar surface area (TPSA) is 56.8 Å². The van der Waals surface area contributed by atoms with Gasteiger partial charge in [0.2, 0.25) is 0 Å². The number of rotatable bonds is 8. The van der Waals surface area contributed by atoms with Crippen molar-refractivity contribution in [3.63, 3.8) is 0 Å². The maximum absolute atomic E-state index is 12.6. The number of benzene rings is 2. The Hall–Kier alpha value is -2.16. The Labute approximate surface area is 200 Å². The van der Waals surface area contributed by atoms with E-state index in [1.807, 2.05) is 24.3 Å². The van der Waals surface area contributed by atoms with Crippen LogP contribution in [0.15, 0.2) is 42.5 Å². The van der Waals surface area contributed by atoms with Crippen LogP contribution >= 0.6 is 23.2 Å². The van der Waals surface area contributed by atoms with Crippen LogP contribution in [-0.4, -0.2) is 43.5 Å². The summed E-state index contributed by atoms with van der Waals surface area (Å²) in [7, 11) is 0. The number of halogens is 5. The Morgan fingerprint density at radius 2 is 1.85 bits per heavy atom. The second-order valence-corrected chi connectivity index (χ2v) is 8.80. The smallest absolute Gasteiger partial charge is 0.489 e. The predicted octanol–water partition coefficient (Wildman–Crippen LogP) is 5.78. The third-order valence-corrected chi connectivity index (χ3v) is 6.03. The summed E-state index contributed by atoms with van der Waals surface area (Å²) < 4.78 is 54.2. The Morgan fingerprint density at radius 1 is 1.15 bits per heavy atom. The summed E-state index contributed by atoms with van der Waals surface area (Å²) >= 11 is 12.2. The zero-order valence-electron chi connectivity index (χ0n) is 18.0. The third-order valence-electron chi connectivity index (χ3n) is 5.23. The molecule has 0 spiro atoms. The van der Waals surface area contributed by atoms with Gasteiger partial charge in [0.1, 0.15) is 35.3 Å². The normalized spacial score (nSPS) is 19.4. The molecule has 0 amide bonds. The molecule has 5 nitrogen and oxygen atoms in total. The molecule has 0 saturated carbocycles. The minimum absolute atomic E-state index is 0.113. The molecule has 0 radical (unpaired) electrons. The highest BCUT2D eigenvalue weighted by Crippen LogP contribution is 2.33.